The van der Waals surface area contributed by atoms with Crippen LogP contribution in [0.2, 0.25) is 5.02 Å². The van der Waals surface area contributed by atoms with E-state index >= 15 is 0 Å². The second-order valence-electron chi connectivity index (χ2n) is 9.45. The average molecular weight is 571 g/mol. The summed E-state index contributed by atoms with van der Waals surface area (Å²) < 4.78 is 30.6. The van der Waals surface area contributed by atoms with Crippen molar-refractivity contribution < 1.29 is 8.42 Å². The van der Waals surface area contributed by atoms with Gasteiger partial charge in [-0.05, 0) is 38.4 Å². The van der Waals surface area contributed by atoms with Crippen molar-refractivity contribution in [2.24, 2.45) is 7.05 Å². The number of halogens is 1. The van der Waals surface area contributed by atoms with Gasteiger partial charge in [0.2, 0.25) is 5.95 Å². The van der Waals surface area contributed by atoms with Gasteiger partial charge in [0, 0.05) is 50.7 Å². The molecule has 0 aliphatic carbocycles. The molecule has 0 radical (unpaired) electrons. The lowest BCUT2D eigenvalue weighted by atomic mass is 10.1. The first-order chi connectivity index (χ1) is 18.7. The molecule has 0 aromatic carbocycles. The van der Waals surface area contributed by atoms with Crippen LogP contribution in [-0.4, -0.2) is 72.7 Å². The topological polar surface area (TPSA) is 136 Å². The number of aromatic nitrogens is 7. The Morgan fingerprint density at radius 1 is 1.10 bits per heavy atom. The molecule has 0 atom stereocenters. The van der Waals surface area contributed by atoms with Gasteiger partial charge in [0.05, 0.1) is 46.5 Å². The Bertz CT molecular complexity index is 1560. The van der Waals surface area contributed by atoms with E-state index in [4.69, 9.17) is 11.6 Å². The summed E-state index contributed by atoms with van der Waals surface area (Å²) in [7, 11) is -1.86. The van der Waals surface area contributed by atoms with Crippen LogP contribution in [0.5, 0.6) is 0 Å². The van der Waals surface area contributed by atoms with Crippen molar-refractivity contribution in [3.63, 3.8) is 0 Å². The molecule has 12 nitrogen and oxygen atoms in total. The maximum Gasteiger partial charge on any atom is 0.262 e. The Hall–Kier alpha value is -3.39. The van der Waals surface area contributed by atoms with Gasteiger partial charge in [0.15, 0.2) is 5.03 Å². The third kappa shape index (κ3) is 5.96. The first-order valence-corrected chi connectivity index (χ1v) is 14.6. The molecule has 2 N–H and O–H groups in total. The minimum absolute atomic E-state index is 0.0198. The zero-order valence-corrected chi connectivity index (χ0v) is 23.6. The number of rotatable bonds is 9. The molecule has 1 saturated heterocycles. The van der Waals surface area contributed by atoms with Crippen LogP contribution >= 0.6 is 11.6 Å². The molecule has 4 aromatic heterocycles. The minimum Gasteiger partial charge on any atom is -0.351 e. The number of aryl methyl sites for hydroxylation is 2. The van der Waals surface area contributed by atoms with Gasteiger partial charge in [-0.15, -0.1) is 0 Å². The van der Waals surface area contributed by atoms with Gasteiger partial charge < -0.3 is 15.2 Å². The van der Waals surface area contributed by atoms with Crippen LogP contribution < -0.4 is 10.6 Å². The summed E-state index contributed by atoms with van der Waals surface area (Å²) >= 11 is 6.47. The minimum atomic E-state index is -3.61. The summed E-state index contributed by atoms with van der Waals surface area (Å²) in [6.45, 7) is 6.38. The highest BCUT2D eigenvalue weighted by Gasteiger charge is 2.31. The number of pyridine rings is 1. The Morgan fingerprint density at radius 3 is 2.59 bits per heavy atom. The summed E-state index contributed by atoms with van der Waals surface area (Å²) in [5.41, 5.74) is 4.02. The highest BCUT2D eigenvalue weighted by atomic mass is 35.5. The summed E-state index contributed by atoms with van der Waals surface area (Å²) in [6.07, 6.45) is 9.37. The van der Waals surface area contributed by atoms with Crippen LogP contribution in [0.15, 0.2) is 48.3 Å². The number of nitrogens with one attached hydrogen (secondary N) is 2. The van der Waals surface area contributed by atoms with E-state index in [0.717, 1.165) is 29.2 Å². The van der Waals surface area contributed by atoms with Gasteiger partial charge in [-0.3, -0.25) is 4.98 Å². The lowest BCUT2D eigenvalue weighted by molar-refractivity contribution is 0.328. The summed E-state index contributed by atoms with van der Waals surface area (Å²) in [4.78, 5) is 17.7. The zero-order valence-electron chi connectivity index (χ0n) is 22.0. The predicted octanol–water partition coefficient (Wildman–Crippen LogP) is 2.79. The molecule has 206 valence electrons. The van der Waals surface area contributed by atoms with Crippen LogP contribution in [0.1, 0.15) is 31.2 Å². The predicted molar refractivity (Wildman–Crippen MR) is 148 cm³/mol. The van der Waals surface area contributed by atoms with Crippen LogP contribution in [0.25, 0.3) is 16.9 Å². The van der Waals surface area contributed by atoms with E-state index in [1.54, 1.807) is 28.7 Å². The highest BCUT2D eigenvalue weighted by molar-refractivity contribution is 7.89. The summed E-state index contributed by atoms with van der Waals surface area (Å²) in [5, 5.41) is 11.6. The Labute approximate surface area is 232 Å². The van der Waals surface area contributed by atoms with Crippen molar-refractivity contribution in [2.75, 3.05) is 25.0 Å². The molecule has 0 bridgehead atoms. The Balaban J connectivity index is 1.26. The van der Waals surface area contributed by atoms with E-state index in [9.17, 15) is 8.42 Å². The van der Waals surface area contributed by atoms with Crippen LogP contribution in [0.3, 0.4) is 0 Å². The van der Waals surface area contributed by atoms with Crippen molar-refractivity contribution in [1.82, 2.24) is 43.9 Å². The number of sulfonamides is 1. The Kier molecular flexibility index (Phi) is 7.93. The fraction of sp³-hybridized carbons (Fsp3) is 0.400. The molecular weight excluding hydrogens is 540 g/mol. The third-order valence-corrected chi connectivity index (χ3v) is 8.65. The van der Waals surface area contributed by atoms with Gasteiger partial charge in [-0.2, -0.15) is 9.40 Å². The molecule has 1 aliphatic rings. The first-order valence-electron chi connectivity index (χ1n) is 12.7. The summed E-state index contributed by atoms with van der Waals surface area (Å²) in [6, 6.07) is 4.01. The van der Waals surface area contributed by atoms with Crippen LogP contribution in [0, 0.1) is 6.92 Å². The van der Waals surface area contributed by atoms with Crippen molar-refractivity contribution in [3.8, 4) is 16.9 Å². The molecule has 14 heteroatoms. The molecule has 1 aliphatic heterocycles. The van der Waals surface area contributed by atoms with Crippen LogP contribution in [-0.2, 0) is 23.6 Å². The van der Waals surface area contributed by atoms with Crippen molar-refractivity contribution >= 4 is 27.6 Å². The second-order valence-corrected chi connectivity index (χ2v) is 11.7. The highest BCUT2D eigenvalue weighted by Crippen LogP contribution is 2.28. The van der Waals surface area contributed by atoms with Gasteiger partial charge >= 0.3 is 0 Å². The lowest BCUT2D eigenvalue weighted by Gasteiger charge is -2.31. The molecule has 0 amide bonds. The first kappa shape index (κ1) is 27.2. The normalized spacial score (nSPS) is 15.1. The van der Waals surface area contributed by atoms with Crippen LogP contribution in [0.4, 0.5) is 5.95 Å². The number of imidazole rings is 1. The third-order valence-electron chi connectivity index (χ3n) is 6.59. The van der Waals surface area contributed by atoms with Crippen molar-refractivity contribution in [1.29, 1.82) is 0 Å². The maximum absolute atomic E-state index is 12.9. The number of piperidine rings is 1. The smallest absolute Gasteiger partial charge is 0.262 e. The largest absolute Gasteiger partial charge is 0.351 e. The second kappa shape index (κ2) is 11.4. The standard InChI is InChI=1S/C25H31ClN10O2S/c1-4-27-12-20-5-6-22(17(2)31-20)36-14-18(11-30-36)24-21(26)13-28-25(33-24)32-19-7-9-35(10-8-19)39(37,38)23-15-34(3)16-29-23/h5-6,11,13-16,19,27H,4,7-10,12H2,1-3H3,(H,28,32,33). The lowest BCUT2D eigenvalue weighted by Crippen LogP contribution is -2.42. The number of anilines is 1. The SMILES string of the molecule is CCNCc1ccc(-n2cc(-c3nc(NC4CCN(S(=O)(=O)c5cn(C)cn5)CC4)ncc3Cl)cn2)c(C)n1. The molecule has 0 saturated carbocycles. The molecule has 1 fully saturated rings. The van der Waals surface area contributed by atoms with Gasteiger partial charge in [0.25, 0.3) is 10.0 Å². The summed E-state index contributed by atoms with van der Waals surface area (Å²) in [5.74, 6) is 0.429. The number of hydrogen-bond donors (Lipinski definition) is 2. The molecular formula is C25H31ClN10O2S. The van der Waals surface area contributed by atoms with E-state index in [2.05, 4.69) is 42.6 Å². The van der Waals surface area contributed by atoms with E-state index in [1.807, 2.05) is 25.3 Å². The quantitative estimate of drug-likeness (QED) is 0.311. The average Bonchev–Trinajstić information content (AvgIpc) is 3.59. The van der Waals surface area contributed by atoms with Gasteiger partial charge in [-0.1, -0.05) is 18.5 Å². The van der Waals surface area contributed by atoms with Gasteiger partial charge in [-0.25, -0.2) is 28.1 Å². The molecule has 39 heavy (non-hydrogen) atoms. The molecule has 5 rings (SSSR count). The maximum atomic E-state index is 12.9. The Morgan fingerprint density at radius 2 is 1.90 bits per heavy atom. The monoisotopic (exact) mass is 570 g/mol. The van der Waals surface area contributed by atoms with E-state index in [0.29, 0.717) is 49.1 Å². The van der Waals surface area contributed by atoms with Crippen molar-refractivity contribution in [2.45, 2.75) is 44.3 Å². The van der Waals surface area contributed by atoms with Gasteiger partial charge in [0.1, 0.15) is 0 Å². The fourth-order valence-corrected chi connectivity index (χ4v) is 6.13. The molecule has 5 heterocycles. The zero-order chi connectivity index (χ0) is 27.6. The fourth-order valence-electron chi connectivity index (χ4n) is 4.49. The number of nitrogens with zero attached hydrogens (tertiary/aromatic N) is 8. The molecule has 0 spiro atoms. The van der Waals surface area contributed by atoms with E-state index in [-0.39, 0.29) is 11.1 Å². The molecule has 4 aromatic rings. The number of hydrogen-bond acceptors (Lipinski definition) is 9. The van der Waals surface area contributed by atoms with E-state index in [1.165, 1.54) is 16.8 Å². The molecule has 0 unspecified atom stereocenters. The van der Waals surface area contributed by atoms with Crippen molar-refractivity contribution in [3.05, 3.63) is 59.7 Å². The van der Waals surface area contributed by atoms with E-state index < -0.39 is 10.0 Å².